The van der Waals surface area contributed by atoms with Gasteiger partial charge in [-0.1, -0.05) is 60.7 Å². The highest BCUT2D eigenvalue weighted by Crippen LogP contribution is 2.39. The summed E-state index contributed by atoms with van der Waals surface area (Å²) in [6.45, 7) is 5.47. The van der Waals surface area contributed by atoms with E-state index >= 15 is 0 Å². The summed E-state index contributed by atoms with van der Waals surface area (Å²) in [5, 5.41) is 0.924. The monoisotopic (exact) mass is 465 g/mol. The van der Waals surface area contributed by atoms with E-state index in [1.54, 1.807) is 6.20 Å². The molecule has 6 heteroatoms. The lowest BCUT2D eigenvalue weighted by molar-refractivity contribution is 0.103. The molecule has 0 aliphatic carbocycles. The van der Waals surface area contributed by atoms with Gasteiger partial charge in [0.05, 0.1) is 16.8 Å². The molecule has 3 aromatic carbocycles. The Morgan fingerprint density at radius 2 is 1.49 bits per heavy atom. The van der Waals surface area contributed by atoms with E-state index < -0.39 is 0 Å². The number of hydrogen-bond donors (Lipinski definition) is 0. The minimum absolute atomic E-state index is 0.0170. The molecule has 1 fully saturated rings. The molecule has 2 aliphatic heterocycles. The molecule has 3 heterocycles. The molecule has 1 aromatic heterocycles. The van der Waals surface area contributed by atoms with E-state index in [0.29, 0.717) is 35.8 Å². The van der Waals surface area contributed by atoms with Crippen LogP contribution in [0.2, 0.25) is 0 Å². The number of aromatic nitrogens is 1. The summed E-state index contributed by atoms with van der Waals surface area (Å²) in [5.74, 6) is 1.40. The van der Waals surface area contributed by atoms with Crippen molar-refractivity contribution in [1.82, 2.24) is 9.88 Å². The lowest BCUT2D eigenvalue weighted by Crippen LogP contribution is -2.46. The number of fused-ring (bicyclic) bond motifs is 2. The molecule has 0 N–H and O–H groups in total. The normalized spacial score (nSPS) is 15.8. The highest BCUT2D eigenvalue weighted by Gasteiger charge is 2.26. The number of ether oxygens (including phenoxy) is 2. The van der Waals surface area contributed by atoms with Gasteiger partial charge in [0.1, 0.15) is 13.2 Å². The van der Waals surface area contributed by atoms with Crippen LogP contribution < -0.4 is 14.4 Å². The molecule has 6 nitrogen and oxygen atoms in total. The Balaban J connectivity index is 1.37. The Bertz CT molecular complexity index is 1350. The molecule has 0 atom stereocenters. The summed E-state index contributed by atoms with van der Waals surface area (Å²) in [4.78, 5) is 23.1. The van der Waals surface area contributed by atoms with E-state index in [9.17, 15) is 4.79 Å². The van der Waals surface area contributed by atoms with Crippen molar-refractivity contribution in [3.63, 3.8) is 0 Å². The van der Waals surface area contributed by atoms with Crippen molar-refractivity contribution in [3.8, 4) is 11.5 Å². The maximum absolute atomic E-state index is 13.6. The number of benzene rings is 3. The maximum Gasteiger partial charge on any atom is 0.196 e. The Labute approximate surface area is 204 Å². The summed E-state index contributed by atoms with van der Waals surface area (Å²) < 4.78 is 11.7. The molecule has 2 aliphatic rings. The van der Waals surface area contributed by atoms with E-state index in [-0.39, 0.29) is 5.78 Å². The molecular formula is C29H27N3O3. The molecule has 176 valence electrons. The molecule has 4 aromatic rings. The van der Waals surface area contributed by atoms with Crippen molar-refractivity contribution in [2.75, 3.05) is 44.3 Å². The minimum atomic E-state index is -0.0170. The zero-order valence-electron chi connectivity index (χ0n) is 19.5. The van der Waals surface area contributed by atoms with Gasteiger partial charge in [-0.05, 0) is 11.6 Å². The van der Waals surface area contributed by atoms with E-state index in [0.717, 1.165) is 49.3 Å². The Kier molecular flexibility index (Phi) is 5.80. The quantitative estimate of drug-likeness (QED) is 0.403. The molecular weight excluding hydrogens is 438 g/mol. The summed E-state index contributed by atoms with van der Waals surface area (Å²) in [6, 6.07) is 23.9. The molecule has 6 rings (SSSR count). The topological polar surface area (TPSA) is 54.9 Å². The maximum atomic E-state index is 13.6. The summed E-state index contributed by atoms with van der Waals surface area (Å²) in [5.41, 5.74) is 4.34. The Hall–Kier alpha value is -3.90. The van der Waals surface area contributed by atoms with E-state index in [1.807, 2.05) is 42.5 Å². The standard InChI is InChI=1S/C29H27N3O3/c33-29(22-9-5-2-6-10-22)24-19-30-25-18-27-26(34-15-16-35-27)17-23(25)28(24)32-13-11-31(12-14-32)20-21-7-3-1-4-8-21/h1-10,17-19H,11-16,20H2. The minimum Gasteiger partial charge on any atom is -0.486 e. The highest BCUT2D eigenvalue weighted by atomic mass is 16.6. The Morgan fingerprint density at radius 1 is 0.829 bits per heavy atom. The number of nitrogens with zero attached hydrogens (tertiary/aromatic N) is 3. The third-order valence-electron chi connectivity index (χ3n) is 6.72. The molecule has 1 saturated heterocycles. The fraction of sp³-hybridized carbons (Fsp3) is 0.241. The number of piperazine rings is 1. The van der Waals surface area contributed by atoms with Gasteiger partial charge < -0.3 is 14.4 Å². The molecule has 0 amide bonds. The zero-order chi connectivity index (χ0) is 23.6. The van der Waals surface area contributed by atoms with Crippen molar-refractivity contribution in [2.24, 2.45) is 0 Å². The highest BCUT2D eigenvalue weighted by molar-refractivity contribution is 6.16. The van der Waals surface area contributed by atoms with Crippen molar-refractivity contribution in [1.29, 1.82) is 0 Å². The van der Waals surface area contributed by atoms with Crippen LogP contribution in [-0.2, 0) is 6.54 Å². The van der Waals surface area contributed by atoms with Gasteiger partial charge in [0.15, 0.2) is 17.3 Å². The first-order valence-electron chi connectivity index (χ1n) is 12.1. The number of pyridine rings is 1. The number of rotatable bonds is 5. The van der Waals surface area contributed by atoms with Gasteiger partial charge in [0.2, 0.25) is 0 Å². The van der Waals surface area contributed by atoms with Crippen molar-refractivity contribution in [3.05, 3.63) is 95.7 Å². The SMILES string of the molecule is O=C(c1ccccc1)c1cnc2cc3c(cc2c1N1CCN(Cc2ccccc2)CC1)OCCO3. The fourth-order valence-corrected chi connectivity index (χ4v) is 4.94. The second-order valence-corrected chi connectivity index (χ2v) is 8.98. The first-order chi connectivity index (χ1) is 17.3. The van der Waals surface area contributed by atoms with Gasteiger partial charge in [0, 0.05) is 55.9 Å². The van der Waals surface area contributed by atoms with Gasteiger partial charge in [-0.15, -0.1) is 0 Å². The van der Waals surface area contributed by atoms with Gasteiger partial charge in [-0.3, -0.25) is 14.7 Å². The first-order valence-corrected chi connectivity index (χ1v) is 12.1. The number of ketones is 1. The fourth-order valence-electron chi connectivity index (χ4n) is 4.94. The van der Waals surface area contributed by atoms with Crippen LogP contribution in [0.1, 0.15) is 21.5 Å². The van der Waals surface area contributed by atoms with Gasteiger partial charge in [-0.25, -0.2) is 0 Å². The summed E-state index contributed by atoms with van der Waals surface area (Å²) in [6.07, 6.45) is 1.72. The van der Waals surface area contributed by atoms with Crippen molar-refractivity contribution >= 4 is 22.4 Å². The summed E-state index contributed by atoms with van der Waals surface area (Å²) in [7, 11) is 0. The predicted octanol–water partition coefficient (Wildman–Crippen LogP) is 4.56. The van der Waals surface area contributed by atoms with Gasteiger partial charge in [0.25, 0.3) is 0 Å². The van der Waals surface area contributed by atoms with Crippen molar-refractivity contribution in [2.45, 2.75) is 6.54 Å². The van der Waals surface area contributed by atoms with Crippen LogP contribution in [0.3, 0.4) is 0 Å². The molecule has 0 spiro atoms. The average molecular weight is 466 g/mol. The van der Waals surface area contributed by atoms with Gasteiger partial charge in [-0.2, -0.15) is 0 Å². The van der Waals surface area contributed by atoms with E-state index in [4.69, 9.17) is 9.47 Å². The lowest BCUT2D eigenvalue weighted by atomic mass is 9.99. The molecule has 0 radical (unpaired) electrons. The van der Waals surface area contributed by atoms with Crippen LogP contribution in [0.25, 0.3) is 10.9 Å². The molecule has 0 saturated carbocycles. The van der Waals surface area contributed by atoms with E-state index in [1.165, 1.54) is 5.56 Å². The number of hydrogen-bond acceptors (Lipinski definition) is 6. The molecule has 0 bridgehead atoms. The second kappa shape index (κ2) is 9.39. The Morgan fingerprint density at radius 3 is 2.20 bits per heavy atom. The summed E-state index contributed by atoms with van der Waals surface area (Å²) >= 11 is 0. The predicted molar refractivity (Wildman–Crippen MR) is 137 cm³/mol. The van der Waals surface area contributed by atoms with Crippen LogP contribution in [0.4, 0.5) is 5.69 Å². The zero-order valence-corrected chi connectivity index (χ0v) is 19.5. The average Bonchev–Trinajstić information content (AvgIpc) is 2.92. The van der Waals surface area contributed by atoms with Crippen LogP contribution in [0.15, 0.2) is 79.0 Å². The second-order valence-electron chi connectivity index (χ2n) is 8.98. The van der Waals surface area contributed by atoms with Crippen LogP contribution in [0.5, 0.6) is 11.5 Å². The van der Waals surface area contributed by atoms with Crippen LogP contribution in [0, 0.1) is 0 Å². The van der Waals surface area contributed by atoms with Crippen LogP contribution >= 0.6 is 0 Å². The van der Waals surface area contributed by atoms with Crippen LogP contribution in [-0.4, -0.2) is 55.1 Å². The van der Waals surface area contributed by atoms with Gasteiger partial charge >= 0.3 is 0 Å². The number of carbonyl (C=O) groups is 1. The molecule has 35 heavy (non-hydrogen) atoms. The first kappa shape index (κ1) is 21.6. The largest absolute Gasteiger partial charge is 0.486 e. The van der Waals surface area contributed by atoms with Crippen molar-refractivity contribution < 1.29 is 14.3 Å². The number of anilines is 1. The lowest BCUT2D eigenvalue weighted by Gasteiger charge is -2.37. The van der Waals surface area contributed by atoms with E-state index in [2.05, 4.69) is 45.1 Å². The third kappa shape index (κ3) is 4.33. The number of carbonyl (C=O) groups excluding carboxylic acids is 1. The molecule has 0 unspecified atom stereocenters. The third-order valence-corrected chi connectivity index (χ3v) is 6.72. The smallest absolute Gasteiger partial charge is 0.196 e.